The predicted molar refractivity (Wildman–Crippen MR) is 78.4 cm³/mol. The Labute approximate surface area is 121 Å². The first-order chi connectivity index (χ1) is 10.1. The third-order valence-corrected chi connectivity index (χ3v) is 2.95. The number of nitrogen functional groups attached to an aromatic ring is 1. The molecule has 2 aromatic rings. The third-order valence-electron chi connectivity index (χ3n) is 2.95. The van der Waals surface area contributed by atoms with Crippen LogP contribution in [0.15, 0.2) is 30.3 Å². The second kappa shape index (κ2) is 6.01. The molecular formula is C15H14FN3O2. The van der Waals surface area contributed by atoms with Gasteiger partial charge in [-0.15, -0.1) is 0 Å². The van der Waals surface area contributed by atoms with Crippen LogP contribution in [0.5, 0.6) is 11.5 Å². The largest absolute Gasteiger partial charge is 0.495 e. The second-order valence-corrected chi connectivity index (χ2v) is 4.19. The van der Waals surface area contributed by atoms with Gasteiger partial charge in [-0.3, -0.25) is 0 Å². The van der Waals surface area contributed by atoms with E-state index >= 15 is 0 Å². The van der Waals surface area contributed by atoms with E-state index in [4.69, 9.17) is 20.5 Å². The van der Waals surface area contributed by atoms with Crippen LogP contribution in [-0.4, -0.2) is 14.2 Å². The molecule has 0 radical (unpaired) electrons. The van der Waals surface area contributed by atoms with Gasteiger partial charge in [0.25, 0.3) is 0 Å². The molecule has 0 aliphatic carbocycles. The Bertz CT molecular complexity index is 711. The Balaban J connectivity index is 2.50. The van der Waals surface area contributed by atoms with Crippen LogP contribution in [0.25, 0.3) is 0 Å². The van der Waals surface area contributed by atoms with E-state index in [1.54, 1.807) is 18.2 Å². The standard InChI is InChI=1S/C15H14FN3O2/c1-20-13-5-3-4-9(8-17)15(13)19-12-7-14(21-2)10(16)6-11(12)18/h3-7,19H,18H2,1-2H3. The first-order valence-corrected chi connectivity index (χ1v) is 6.07. The fraction of sp³-hybridized carbons (Fsp3) is 0.133. The summed E-state index contributed by atoms with van der Waals surface area (Å²) in [7, 11) is 2.86. The lowest BCUT2D eigenvalue weighted by atomic mass is 10.1. The molecule has 3 N–H and O–H groups in total. The molecule has 0 aliphatic heterocycles. The lowest BCUT2D eigenvalue weighted by Gasteiger charge is -2.15. The number of nitrogens with zero attached hydrogens (tertiary/aromatic N) is 1. The molecule has 0 amide bonds. The van der Waals surface area contributed by atoms with Crippen LogP contribution < -0.4 is 20.5 Å². The Kier molecular flexibility index (Phi) is 4.14. The molecule has 0 unspecified atom stereocenters. The van der Waals surface area contributed by atoms with E-state index in [2.05, 4.69) is 11.4 Å². The summed E-state index contributed by atoms with van der Waals surface area (Å²) in [4.78, 5) is 0. The topological polar surface area (TPSA) is 80.3 Å². The van der Waals surface area contributed by atoms with Gasteiger partial charge in [0.05, 0.1) is 36.8 Å². The number of para-hydroxylation sites is 1. The van der Waals surface area contributed by atoms with Crippen LogP contribution in [0.3, 0.4) is 0 Å². The summed E-state index contributed by atoms with van der Waals surface area (Å²) in [5.41, 5.74) is 7.26. The van der Waals surface area contributed by atoms with Gasteiger partial charge in [0, 0.05) is 12.1 Å². The van der Waals surface area contributed by atoms with Crippen molar-refractivity contribution in [3.05, 3.63) is 41.7 Å². The Morgan fingerprint density at radius 1 is 1.19 bits per heavy atom. The highest BCUT2D eigenvalue weighted by Gasteiger charge is 2.13. The van der Waals surface area contributed by atoms with E-state index in [0.717, 1.165) is 6.07 Å². The van der Waals surface area contributed by atoms with Gasteiger partial charge in [-0.25, -0.2) is 4.39 Å². The van der Waals surface area contributed by atoms with E-state index in [0.29, 0.717) is 22.7 Å². The molecule has 0 saturated heterocycles. The number of nitrogens with one attached hydrogen (secondary N) is 1. The minimum absolute atomic E-state index is 0.0557. The average molecular weight is 287 g/mol. The quantitative estimate of drug-likeness (QED) is 0.845. The summed E-state index contributed by atoms with van der Waals surface area (Å²) in [5, 5.41) is 12.2. The predicted octanol–water partition coefficient (Wildman–Crippen LogP) is 3.04. The van der Waals surface area contributed by atoms with Crippen molar-refractivity contribution in [2.75, 3.05) is 25.3 Å². The number of methoxy groups -OCH3 is 2. The molecule has 108 valence electrons. The van der Waals surface area contributed by atoms with Crippen molar-refractivity contribution in [3.8, 4) is 17.6 Å². The summed E-state index contributed by atoms with van der Waals surface area (Å²) in [5.74, 6) is -0.0158. The van der Waals surface area contributed by atoms with Gasteiger partial charge in [0.2, 0.25) is 0 Å². The van der Waals surface area contributed by atoms with E-state index < -0.39 is 5.82 Å². The lowest BCUT2D eigenvalue weighted by Crippen LogP contribution is -2.02. The highest BCUT2D eigenvalue weighted by Crippen LogP contribution is 2.35. The molecule has 2 rings (SSSR count). The molecule has 2 aromatic carbocycles. The van der Waals surface area contributed by atoms with E-state index in [1.165, 1.54) is 20.3 Å². The zero-order chi connectivity index (χ0) is 15.4. The van der Waals surface area contributed by atoms with Gasteiger partial charge in [-0.1, -0.05) is 6.07 Å². The molecule has 0 atom stereocenters. The zero-order valence-electron chi connectivity index (χ0n) is 11.6. The normalized spacial score (nSPS) is 9.81. The number of rotatable bonds is 4. The molecule has 5 nitrogen and oxygen atoms in total. The molecule has 0 spiro atoms. The number of ether oxygens (including phenoxy) is 2. The van der Waals surface area contributed by atoms with Crippen LogP contribution in [0, 0.1) is 17.1 Å². The highest BCUT2D eigenvalue weighted by atomic mass is 19.1. The van der Waals surface area contributed by atoms with Gasteiger partial charge in [0.1, 0.15) is 11.8 Å². The molecule has 0 saturated carbocycles. The van der Waals surface area contributed by atoms with Gasteiger partial charge >= 0.3 is 0 Å². The Morgan fingerprint density at radius 2 is 1.90 bits per heavy atom. The molecule has 0 aromatic heterocycles. The number of benzene rings is 2. The van der Waals surface area contributed by atoms with Gasteiger partial charge in [-0.2, -0.15) is 5.26 Å². The fourth-order valence-corrected chi connectivity index (χ4v) is 1.89. The molecule has 0 fully saturated rings. The lowest BCUT2D eigenvalue weighted by molar-refractivity contribution is 0.387. The monoisotopic (exact) mass is 287 g/mol. The molecule has 0 aliphatic rings. The smallest absolute Gasteiger partial charge is 0.167 e. The fourth-order valence-electron chi connectivity index (χ4n) is 1.89. The minimum atomic E-state index is -0.555. The van der Waals surface area contributed by atoms with Crippen molar-refractivity contribution < 1.29 is 13.9 Å². The molecule has 21 heavy (non-hydrogen) atoms. The molecular weight excluding hydrogens is 273 g/mol. The summed E-state index contributed by atoms with van der Waals surface area (Å²) in [6, 6.07) is 9.70. The van der Waals surface area contributed by atoms with Crippen LogP contribution in [0.1, 0.15) is 5.56 Å². The SMILES string of the molecule is COc1cc(Nc2c(C#N)cccc2OC)c(N)cc1F. The minimum Gasteiger partial charge on any atom is -0.495 e. The maximum atomic E-state index is 13.6. The average Bonchev–Trinajstić information content (AvgIpc) is 2.49. The summed E-state index contributed by atoms with van der Waals surface area (Å²) in [6.45, 7) is 0. The number of hydrogen-bond donors (Lipinski definition) is 2. The van der Waals surface area contributed by atoms with Crippen molar-refractivity contribution in [2.45, 2.75) is 0 Å². The van der Waals surface area contributed by atoms with Gasteiger partial charge in [0.15, 0.2) is 11.6 Å². The van der Waals surface area contributed by atoms with E-state index in [1.807, 2.05) is 0 Å². The molecule has 6 heteroatoms. The van der Waals surface area contributed by atoms with Crippen molar-refractivity contribution in [1.29, 1.82) is 5.26 Å². The van der Waals surface area contributed by atoms with Crippen molar-refractivity contribution in [1.82, 2.24) is 0 Å². The summed E-state index contributed by atoms with van der Waals surface area (Å²) < 4.78 is 23.7. The first kappa shape index (κ1) is 14.5. The van der Waals surface area contributed by atoms with Crippen LogP contribution >= 0.6 is 0 Å². The number of hydrogen-bond acceptors (Lipinski definition) is 5. The summed E-state index contributed by atoms with van der Waals surface area (Å²) in [6.07, 6.45) is 0. The summed E-state index contributed by atoms with van der Waals surface area (Å²) >= 11 is 0. The maximum absolute atomic E-state index is 13.6. The van der Waals surface area contributed by atoms with Gasteiger partial charge in [-0.05, 0) is 12.1 Å². The molecule has 0 heterocycles. The van der Waals surface area contributed by atoms with Crippen LogP contribution in [0.4, 0.5) is 21.5 Å². The zero-order valence-corrected chi connectivity index (χ0v) is 11.6. The first-order valence-electron chi connectivity index (χ1n) is 6.07. The third kappa shape index (κ3) is 2.82. The number of anilines is 3. The Morgan fingerprint density at radius 3 is 2.52 bits per heavy atom. The van der Waals surface area contributed by atoms with E-state index in [9.17, 15) is 4.39 Å². The van der Waals surface area contributed by atoms with Crippen molar-refractivity contribution in [3.63, 3.8) is 0 Å². The number of nitrogens with two attached hydrogens (primary N) is 1. The van der Waals surface area contributed by atoms with Gasteiger partial charge < -0.3 is 20.5 Å². The maximum Gasteiger partial charge on any atom is 0.167 e. The van der Waals surface area contributed by atoms with Crippen molar-refractivity contribution in [2.24, 2.45) is 0 Å². The second-order valence-electron chi connectivity index (χ2n) is 4.19. The van der Waals surface area contributed by atoms with Crippen molar-refractivity contribution >= 4 is 17.1 Å². The highest BCUT2D eigenvalue weighted by molar-refractivity contribution is 5.79. The van der Waals surface area contributed by atoms with E-state index in [-0.39, 0.29) is 11.4 Å². The molecule has 0 bridgehead atoms. The van der Waals surface area contributed by atoms with Crippen LogP contribution in [-0.2, 0) is 0 Å². The number of nitriles is 1. The Hall–Kier alpha value is -2.94. The number of halogens is 1. The van der Waals surface area contributed by atoms with Crippen LogP contribution in [0.2, 0.25) is 0 Å².